The number of nitrogens with zero attached hydrogens (tertiary/aromatic N) is 2. The third-order valence-corrected chi connectivity index (χ3v) is 6.29. The van der Waals surface area contributed by atoms with E-state index >= 15 is 0 Å². The van der Waals surface area contributed by atoms with Crippen LogP contribution >= 0.6 is 11.6 Å². The van der Waals surface area contributed by atoms with Crippen molar-refractivity contribution < 1.29 is 9.59 Å². The first kappa shape index (κ1) is 20.9. The molecule has 2 aromatic rings. The lowest BCUT2D eigenvalue weighted by molar-refractivity contribution is -0.139. The summed E-state index contributed by atoms with van der Waals surface area (Å²) in [6, 6.07) is 15.2. The van der Waals surface area contributed by atoms with Crippen molar-refractivity contribution in [3.63, 3.8) is 0 Å². The fourth-order valence-corrected chi connectivity index (χ4v) is 4.53. The number of hydrogen-bond donors (Lipinski definition) is 1. The normalized spacial score (nSPS) is 19.2. The molecule has 5 nitrogen and oxygen atoms in total. The Morgan fingerprint density at radius 2 is 1.70 bits per heavy atom. The van der Waals surface area contributed by atoms with Gasteiger partial charge < -0.3 is 10.2 Å². The summed E-state index contributed by atoms with van der Waals surface area (Å²) in [5, 5.41) is 3.66. The quantitative estimate of drug-likeness (QED) is 0.796. The molecular weight excluding hydrogens is 398 g/mol. The first-order chi connectivity index (χ1) is 14.6. The van der Waals surface area contributed by atoms with E-state index < -0.39 is 0 Å². The summed E-state index contributed by atoms with van der Waals surface area (Å²) in [4.78, 5) is 30.2. The minimum absolute atomic E-state index is 0.0687. The molecular formula is C24H28ClN3O2. The van der Waals surface area contributed by atoms with Gasteiger partial charge in [-0.15, -0.1) is 0 Å². The monoisotopic (exact) mass is 425 g/mol. The molecule has 1 saturated heterocycles. The fraction of sp³-hybridized carbons (Fsp3) is 0.417. The van der Waals surface area contributed by atoms with E-state index in [0.717, 1.165) is 43.5 Å². The number of hydrogen-bond acceptors (Lipinski definition) is 3. The zero-order valence-electron chi connectivity index (χ0n) is 17.1. The highest BCUT2D eigenvalue weighted by Crippen LogP contribution is 2.32. The van der Waals surface area contributed by atoms with Gasteiger partial charge >= 0.3 is 0 Å². The van der Waals surface area contributed by atoms with Crippen LogP contribution in [0, 0.1) is 0 Å². The minimum Gasteiger partial charge on any atom is -0.351 e. The number of carbonyl (C=O) groups excluding carboxylic acids is 2. The summed E-state index contributed by atoms with van der Waals surface area (Å²) in [5.41, 5.74) is 3.26. The number of amides is 2. The molecule has 2 aliphatic rings. The third-order valence-electron chi connectivity index (χ3n) is 6.03. The van der Waals surface area contributed by atoms with Gasteiger partial charge in [0.15, 0.2) is 0 Å². The van der Waals surface area contributed by atoms with E-state index in [9.17, 15) is 9.59 Å². The lowest BCUT2D eigenvalue weighted by Crippen LogP contribution is -2.50. The predicted octanol–water partition coefficient (Wildman–Crippen LogP) is 3.57. The van der Waals surface area contributed by atoms with Gasteiger partial charge in [-0.25, -0.2) is 0 Å². The molecule has 0 aromatic heterocycles. The van der Waals surface area contributed by atoms with Gasteiger partial charge in [0, 0.05) is 31.2 Å². The van der Waals surface area contributed by atoms with Gasteiger partial charge in [-0.2, -0.15) is 0 Å². The van der Waals surface area contributed by atoms with E-state index in [2.05, 4.69) is 11.4 Å². The average Bonchev–Trinajstić information content (AvgIpc) is 2.79. The van der Waals surface area contributed by atoms with Crippen LogP contribution in [0.5, 0.6) is 0 Å². The standard InChI is InChI=1S/C24H28ClN3O2/c25-20-10-8-18(9-11-20)16-26-22(29)17-28-15-12-19-6-2-3-7-21(19)23(28)24(30)27-13-4-1-5-14-27/h2-3,6-11,23H,1,4-5,12-17H2,(H,26,29). The van der Waals surface area contributed by atoms with Crippen molar-refractivity contribution in [3.05, 3.63) is 70.2 Å². The Hall–Kier alpha value is -2.37. The molecule has 2 aliphatic heterocycles. The van der Waals surface area contributed by atoms with E-state index in [-0.39, 0.29) is 24.4 Å². The SMILES string of the molecule is O=C(CN1CCc2ccccc2C1C(=O)N1CCCCC1)NCc1ccc(Cl)cc1. The van der Waals surface area contributed by atoms with Crippen LogP contribution in [0.15, 0.2) is 48.5 Å². The first-order valence-electron chi connectivity index (χ1n) is 10.7. The summed E-state index contributed by atoms with van der Waals surface area (Å²) < 4.78 is 0. The first-order valence-corrected chi connectivity index (χ1v) is 11.1. The number of benzene rings is 2. The van der Waals surface area contributed by atoms with Crippen molar-refractivity contribution in [2.75, 3.05) is 26.2 Å². The lowest BCUT2D eigenvalue weighted by atomic mass is 9.91. The van der Waals surface area contributed by atoms with E-state index in [4.69, 9.17) is 11.6 Å². The number of nitrogens with one attached hydrogen (secondary N) is 1. The molecule has 0 bridgehead atoms. The molecule has 4 rings (SSSR count). The Labute approximate surface area is 183 Å². The summed E-state index contributed by atoms with van der Waals surface area (Å²) in [6.07, 6.45) is 4.15. The Morgan fingerprint density at radius 1 is 0.967 bits per heavy atom. The van der Waals surface area contributed by atoms with Gasteiger partial charge in [-0.05, 0) is 54.5 Å². The van der Waals surface area contributed by atoms with Crippen LogP contribution in [0.1, 0.15) is 42.0 Å². The second-order valence-corrected chi connectivity index (χ2v) is 8.55. The predicted molar refractivity (Wildman–Crippen MR) is 118 cm³/mol. The van der Waals surface area contributed by atoms with E-state index in [0.29, 0.717) is 18.1 Å². The van der Waals surface area contributed by atoms with Crippen molar-refractivity contribution in [1.29, 1.82) is 0 Å². The van der Waals surface area contributed by atoms with Crippen molar-refractivity contribution in [2.24, 2.45) is 0 Å². The van der Waals surface area contributed by atoms with Crippen molar-refractivity contribution >= 4 is 23.4 Å². The molecule has 1 unspecified atom stereocenters. The van der Waals surface area contributed by atoms with Gasteiger partial charge in [0.05, 0.1) is 6.54 Å². The Balaban J connectivity index is 1.46. The molecule has 0 spiro atoms. The lowest BCUT2D eigenvalue weighted by Gasteiger charge is -2.39. The second-order valence-electron chi connectivity index (χ2n) is 8.11. The largest absolute Gasteiger partial charge is 0.351 e. The molecule has 0 aliphatic carbocycles. The Morgan fingerprint density at radius 3 is 2.47 bits per heavy atom. The molecule has 158 valence electrons. The highest BCUT2D eigenvalue weighted by atomic mass is 35.5. The van der Waals surface area contributed by atoms with Crippen LogP contribution in [-0.4, -0.2) is 47.8 Å². The van der Waals surface area contributed by atoms with Gasteiger partial charge in [-0.3, -0.25) is 14.5 Å². The fourth-order valence-electron chi connectivity index (χ4n) is 4.41. The molecule has 0 saturated carbocycles. The molecule has 1 N–H and O–H groups in total. The number of fused-ring (bicyclic) bond motifs is 1. The maximum absolute atomic E-state index is 13.5. The molecule has 2 heterocycles. The highest BCUT2D eigenvalue weighted by molar-refractivity contribution is 6.30. The molecule has 1 fully saturated rings. The number of carbonyl (C=O) groups is 2. The molecule has 30 heavy (non-hydrogen) atoms. The smallest absolute Gasteiger partial charge is 0.244 e. The Kier molecular flexibility index (Phi) is 6.70. The van der Waals surface area contributed by atoms with Crippen LogP contribution in [0.25, 0.3) is 0 Å². The Bertz CT molecular complexity index is 894. The zero-order valence-corrected chi connectivity index (χ0v) is 17.9. The molecule has 6 heteroatoms. The van der Waals surface area contributed by atoms with Crippen LogP contribution < -0.4 is 5.32 Å². The van der Waals surface area contributed by atoms with Crippen molar-refractivity contribution in [2.45, 2.75) is 38.3 Å². The van der Waals surface area contributed by atoms with E-state index in [1.807, 2.05) is 52.3 Å². The number of likely N-dealkylation sites (tertiary alicyclic amines) is 1. The van der Waals surface area contributed by atoms with Gasteiger partial charge in [-0.1, -0.05) is 48.0 Å². The van der Waals surface area contributed by atoms with Crippen LogP contribution in [0.3, 0.4) is 0 Å². The molecule has 2 amide bonds. The highest BCUT2D eigenvalue weighted by Gasteiger charge is 2.36. The summed E-state index contributed by atoms with van der Waals surface area (Å²) in [6.45, 7) is 3.00. The summed E-state index contributed by atoms with van der Waals surface area (Å²) in [5.74, 6) is 0.0631. The van der Waals surface area contributed by atoms with Crippen LogP contribution in [0.2, 0.25) is 5.02 Å². The molecule has 2 aromatic carbocycles. The number of piperidine rings is 1. The van der Waals surface area contributed by atoms with Crippen molar-refractivity contribution in [3.8, 4) is 0 Å². The van der Waals surface area contributed by atoms with Gasteiger partial charge in [0.25, 0.3) is 0 Å². The summed E-state index contributed by atoms with van der Waals surface area (Å²) in [7, 11) is 0. The summed E-state index contributed by atoms with van der Waals surface area (Å²) >= 11 is 5.92. The minimum atomic E-state index is -0.380. The number of halogens is 1. The van der Waals surface area contributed by atoms with Crippen LogP contribution in [0.4, 0.5) is 0 Å². The maximum Gasteiger partial charge on any atom is 0.244 e. The zero-order chi connectivity index (χ0) is 20.9. The van der Waals surface area contributed by atoms with E-state index in [1.54, 1.807) is 0 Å². The van der Waals surface area contributed by atoms with E-state index in [1.165, 1.54) is 12.0 Å². The number of rotatable bonds is 5. The molecule has 1 atom stereocenters. The second kappa shape index (κ2) is 9.63. The topological polar surface area (TPSA) is 52.7 Å². The van der Waals surface area contributed by atoms with Crippen LogP contribution in [-0.2, 0) is 22.6 Å². The van der Waals surface area contributed by atoms with Crippen molar-refractivity contribution in [1.82, 2.24) is 15.1 Å². The van der Waals surface area contributed by atoms with Gasteiger partial charge in [0.2, 0.25) is 11.8 Å². The average molecular weight is 426 g/mol. The maximum atomic E-state index is 13.5. The molecule has 0 radical (unpaired) electrons. The van der Waals surface area contributed by atoms with Gasteiger partial charge in [0.1, 0.15) is 6.04 Å². The third kappa shape index (κ3) is 4.85.